The molecule has 0 saturated heterocycles. The summed E-state index contributed by atoms with van der Waals surface area (Å²) in [5.41, 5.74) is 0. The lowest BCUT2D eigenvalue weighted by molar-refractivity contribution is 0.0820. The van der Waals surface area contributed by atoms with E-state index in [1.165, 1.54) is 89.6 Å². The Balaban J connectivity index is 1.78. The van der Waals surface area contributed by atoms with Gasteiger partial charge in [0, 0.05) is 37.5 Å². The fraction of sp³-hybridized carbons (Fsp3) is 1.00. The Kier molecular flexibility index (Phi) is 8.38. The Hall–Kier alpha value is 0.270. The van der Waals surface area contributed by atoms with Crippen LogP contribution in [0.15, 0.2) is 0 Å². The molecule has 20 heavy (non-hydrogen) atoms. The first-order valence-electron chi connectivity index (χ1n) is 8.87. The number of thioether (sulfide) groups is 1. The van der Waals surface area contributed by atoms with Crippen LogP contribution >= 0.6 is 11.8 Å². The summed E-state index contributed by atoms with van der Waals surface area (Å²) in [6.07, 6.45) is 16.8. The molecular formula is C17H34N2S. The summed E-state index contributed by atoms with van der Waals surface area (Å²) in [7, 11) is 0. The largest absolute Gasteiger partial charge is 0.315 e. The molecule has 3 heteroatoms. The van der Waals surface area contributed by atoms with Crippen molar-refractivity contribution in [2.45, 2.75) is 76.3 Å². The van der Waals surface area contributed by atoms with E-state index in [1.807, 2.05) is 11.8 Å². The van der Waals surface area contributed by atoms with Crippen LogP contribution in [0.4, 0.5) is 0 Å². The van der Waals surface area contributed by atoms with E-state index in [1.54, 1.807) is 0 Å². The van der Waals surface area contributed by atoms with Crippen molar-refractivity contribution in [2.24, 2.45) is 0 Å². The molecule has 118 valence electrons. The molecule has 0 aromatic carbocycles. The van der Waals surface area contributed by atoms with Gasteiger partial charge in [-0.25, -0.2) is 0 Å². The van der Waals surface area contributed by atoms with Crippen molar-refractivity contribution in [1.29, 1.82) is 0 Å². The second kappa shape index (κ2) is 10.1. The highest BCUT2D eigenvalue weighted by atomic mass is 32.2. The molecule has 0 bridgehead atoms. The Labute approximate surface area is 130 Å². The highest BCUT2D eigenvalue weighted by molar-refractivity contribution is 7.98. The lowest BCUT2D eigenvalue weighted by Crippen LogP contribution is -2.48. The number of hydrogen-bond acceptors (Lipinski definition) is 3. The first-order chi connectivity index (χ1) is 9.92. The lowest BCUT2D eigenvalue weighted by atomic mass is 9.88. The zero-order valence-electron chi connectivity index (χ0n) is 13.4. The van der Waals surface area contributed by atoms with Crippen LogP contribution < -0.4 is 5.32 Å². The molecule has 2 aliphatic rings. The maximum Gasteiger partial charge on any atom is 0.0113 e. The maximum atomic E-state index is 3.63. The fourth-order valence-corrected chi connectivity index (χ4v) is 4.34. The molecule has 2 nitrogen and oxygen atoms in total. The van der Waals surface area contributed by atoms with E-state index in [0.29, 0.717) is 0 Å². The van der Waals surface area contributed by atoms with Gasteiger partial charge >= 0.3 is 0 Å². The number of nitrogens with one attached hydrogen (secondary N) is 1. The minimum Gasteiger partial charge on any atom is -0.315 e. The van der Waals surface area contributed by atoms with Gasteiger partial charge < -0.3 is 5.32 Å². The van der Waals surface area contributed by atoms with Crippen molar-refractivity contribution in [2.75, 3.05) is 31.6 Å². The van der Waals surface area contributed by atoms with Gasteiger partial charge in [0.15, 0.2) is 0 Å². The van der Waals surface area contributed by atoms with Gasteiger partial charge in [0.2, 0.25) is 0 Å². The third kappa shape index (κ3) is 5.57. The van der Waals surface area contributed by atoms with Crippen LogP contribution in [0.2, 0.25) is 0 Å². The number of rotatable bonds is 8. The molecule has 0 aromatic heterocycles. The zero-order chi connectivity index (χ0) is 14.0. The molecule has 0 aromatic rings. The van der Waals surface area contributed by atoms with Gasteiger partial charge in [0.05, 0.1) is 0 Å². The van der Waals surface area contributed by atoms with Crippen LogP contribution in [-0.2, 0) is 0 Å². The van der Waals surface area contributed by atoms with Crippen LogP contribution in [0.3, 0.4) is 0 Å². The minimum atomic E-state index is 0.897. The molecule has 2 saturated carbocycles. The molecule has 2 aliphatic carbocycles. The fourth-order valence-electron chi connectivity index (χ4n) is 4.00. The quantitative estimate of drug-likeness (QED) is 0.684. The molecule has 0 spiro atoms. The van der Waals surface area contributed by atoms with Crippen molar-refractivity contribution >= 4 is 11.8 Å². The predicted octanol–water partition coefficient (Wildman–Crippen LogP) is 3.91. The van der Waals surface area contributed by atoms with Gasteiger partial charge in [-0.05, 0) is 31.9 Å². The molecule has 2 rings (SSSR count). The van der Waals surface area contributed by atoms with E-state index in [4.69, 9.17) is 0 Å². The molecule has 0 atom stereocenters. The zero-order valence-corrected chi connectivity index (χ0v) is 14.2. The second-order valence-electron chi connectivity index (χ2n) is 6.56. The highest BCUT2D eigenvalue weighted by Crippen LogP contribution is 2.29. The summed E-state index contributed by atoms with van der Waals surface area (Å²) in [5.74, 6) is 1.24. The molecular weight excluding hydrogens is 264 g/mol. The Morgan fingerprint density at radius 1 is 0.850 bits per heavy atom. The van der Waals surface area contributed by atoms with E-state index in [2.05, 4.69) is 16.5 Å². The van der Waals surface area contributed by atoms with E-state index in [0.717, 1.165) is 12.1 Å². The van der Waals surface area contributed by atoms with Gasteiger partial charge in [0.1, 0.15) is 0 Å². The molecule has 0 unspecified atom stereocenters. The van der Waals surface area contributed by atoms with E-state index in [-0.39, 0.29) is 0 Å². The van der Waals surface area contributed by atoms with E-state index < -0.39 is 0 Å². The van der Waals surface area contributed by atoms with E-state index >= 15 is 0 Å². The van der Waals surface area contributed by atoms with Crippen LogP contribution in [-0.4, -0.2) is 48.6 Å². The maximum absolute atomic E-state index is 3.63. The average Bonchev–Trinajstić information content (AvgIpc) is 2.53. The molecule has 2 fully saturated rings. The SMILES string of the molecule is CSCCNCCN(C1CCCCC1)C1CCCCC1. The van der Waals surface area contributed by atoms with Crippen molar-refractivity contribution < 1.29 is 0 Å². The van der Waals surface area contributed by atoms with Crippen molar-refractivity contribution in [1.82, 2.24) is 10.2 Å². The van der Waals surface area contributed by atoms with Crippen molar-refractivity contribution in [3.63, 3.8) is 0 Å². The topological polar surface area (TPSA) is 15.3 Å². The molecule has 0 radical (unpaired) electrons. The lowest BCUT2D eigenvalue weighted by Gasteiger charge is -2.41. The number of nitrogens with zero attached hydrogens (tertiary/aromatic N) is 1. The van der Waals surface area contributed by atoms with Crippen LogP contribution in [0, 0.1) is 0 Å². The molecule has 0 heterocycles. The standard InChI is InChI=1S/C17H34N2S/c1-20-15-13-18-12-14-19(16-8-4-2-5-9-16)17-10-6-3-7-11-17/h16-18H,2-15H2,1H3. The smallest absolute Gasteiger partial charge is 0.0113 e. The highest BCUT2D eigenvalue weighted by Gasteiger charge is 2.28. The van der Waals surface area contributed by atoms with Crippen LogP contribution in [0.25, 0.3) is 0 Å². The van der Waals surface area contributed by atoms with Crippen LogP contribution in [0.1, 0.15) is 64.2 Å². The first kappa shape index (κ1) is 16.6. The summed E-state index contributed by atoms with van der Waals surface area (Å²) in [6, 6.07) is 1.79. The molecule has 1 N–H and O–H groups in total. The van der Waals surface area contributed by atoms with Crippen molar-refractivity contribution in [3.8, 4) is 0 Å². The monoisotopic (exact) mass is 298 g/mol. The summed E-state index contributed by atoms with van der Waals surface area (Å²) >= 11 is 1.94. The summed E-state index contributed by atoms with van der Waals surface area (Å²) < 4.78 is 0. The normalized spacial score (nSPS) is 22.5. The van der Waals surface area contributed by atoms with Crippen LogP contribution in [0.5, 0.6) is 0 Å². The number of hydrogen-bond donors (Lipinski definition) is 1. The minimum absolute atomic E-state index is 0.897. The van der Waals surface area contributed by atoms with Crippen molar-refractivity contribution in [3.05, 3.63) is 0 Å². The Morgan fingerprint density at radius 3 is 1.90 bits per heavy atom. The third-order valence-corrected chi connectivity index (χ3v) is 5.73. The average molecular weight is 299 g/mol. The Bertz CT molecular complexity index is 217. The summed E-state index contributed by atoms with van der Waals surface area (Å²) in [6.45, 7) is 3.64. The van der Waals surface area contributed by atoms with Gasteiger partial charge in [-0.3, -0.25) is 4.90 Å². The van der Waals surface area contributed by atoms with Gasteiger partial charge in [-0.2, -0.15) is 11.8 Å². The van der Waals surface area contributed by atoms with Gasteiger partial charge in [-0.15, -0.1) is 0 Å². The van der Waals surface area contributed by atoms with Gasteiger partial charge in [0.25, 0.3) is 0 Å². The summed E-state index contributed by atoms with van der Waals surface area (Å²) in [4.78, 5) is 2.91. The first-order valence-corrected chi connectivity index (χ1v) is 10.3. The van der Waals surface area contributed by atoms with Gasteiger partial charge in [-0.1, -0.05) is 38.5 Å². The summed E-state index contributed by atoms with van der Waals surface area (Å²) in [5, 5.41) is 3.63. The predicted molar refractivity (Wildman–Crippen MR) is 91.7 cm³/mol. The van der Waals surface area contributed by atoms with E-state index in [9.17, 15) is 0 Å². The molecule has 0 aliphatic heterocycles. The molecule has 0 amide bonds. The third-order valence-electron chi connectivity index (χ3n) is 5.12. The Morgan fingerprint density at radius 2 is 1.40 bits per heavy atom. The second-order valence-corrected chi connectivity index (χ2v) is 7.55.